The fourth-order valence-electron chi connectivity index (χ4n) is 4.23. The summed E-state index contributed by atoms with van der Waals surface area (Å²) in [6, 6.07) is 20.6. The highest BCUT2D eigenvalue weighted by molar-refractivity contribution is 6.16. The number of nitrogens with one attached hydrogen (secondary N) is 1. The predicted octanol–water partition coefficient (Wildman–Crippen LogP) is 3.54. The molecule has 0 saturated carbocycles. The third-order valence-electron chi connectivity index (χ3n) is 5.59. The van der Waals surface area contributed by atoms with Gasteiger partial charge in [-0.3, -0.25) is 19.3 Å². The van der Waals surface area contributed by atoms with Crippen molar-refractivity contribution in [2.24, 2.45) is 0 Å². The van der Waals surface area contributed by atoms with Crippen LogP contribution >= 0.6 is 0 Å². The van der Waals surface area contributed by atoms with Crippen LogP contribution in [0.3, 0.4) is 0 Å². The molecule has 0 bridgehead atoms. The summed E-state index contributed by atoms with van der Waals surface area (Å²) in [6.45, 7) is 0.139. The fourth-order valence-corrected chi connectivity index (χ4v) is 4.23. The first-order chi connectivity index (χ1) is 15.0. The summed E-state index contributed by atoms with van der Waals surface area (Å²) in [5.74, 6) is -0.611. The normalized spacial score (nSPS) is 16.6. The van der Waals surface area contributed by atoms with E-state index in [1.54, 1.807) is 58.3 Å². The summed E-state index contributed by atoms with van der Waals surface area (Å²) in [5.41, 5.74) is 2.81. The number of carbonyl (C=O) groups excluding carboxylic acids is 3. The average molecular weight is 413 g/mol. The van der Waals surface area contributed by atoms with Gasteiger partial charge in [0.25, 0.3) is 11.8 Å². The quantitative estimate of drug-likeness (QED) is 0.685. The van der Waals surface area contributed by atoms with E-state index < -0.39 is 6.17 Å². The number of nitrogens with zero attached hydrogens (tertiary/aromatic N) is 2. The number of hydrogen-bond acceptors (Lipinski definition) is 4. The molecule has 2 aliphatic heterocycles. The van der Waals surface area contributed by atoms with Crippen LogP contribution in [-0.2, 0) is 4.79 Å². The Labute approximate surface area is 178 Å². The summed E-state index contributed by atoms with van der Waals surface area (Å²) >= 11 is 0. The second kappa shape index (κ2) is 7.28. The zero-order valence-corrected chi connectivity index (χ0v) is 16.5. The third-order valence-corrected chi connectivity index (χ3v) is 5.59. The van der Waals surface area contributed by atoms with Crippen molar-refractivity contribution in [3.05, 3.63) is 89.5 Å². The molecule has 5 rings (SSSR count). The lowest BCUT2D eigenvalue weighted by Crippen LogP contribution is -2.48. The van der Waals surface area contributed by atoms with Crippen molar-refractivity contribution in [1.82, 2.24) is 4.90 Å². The zero-order chi connectivity index (χ0) is 21.5. The number of benzene rings is 3. The first kappa shape index (κ1) is 18.9. The van der Waals surface area contributed by atoms with E-state index in [0.717, 1.165) is 5.56 Å². The summed E-state index contributed by atoms with van der Waals surface area (Å²) < 4.78 is 0. The van der Waals surface area contributed by atoms with E-state index in [1.165, 1.54) is 12.1 Å². The third kappa shape index (κ3) is 3.11. The molecule has 0 aromatic heterocycles. The number of hydrogen-bond donors (Lipinski definition) is 2. The molecule has 0 spiro atoms. The van der Waals surface area contributed by atoms with Crippen molar-refractivity contribution >= 4 is 29.1 Å². The molecule has 7 nitrogen and oxygen atoms in total. The van der Waals surface area contributed by atoms with Gasteiger partial charge in [-0.1, -0.05) is 36.4 Å². The Morgan fingerprint density at radius 3 is 2.45 bits per heavy atom. The van der Waals surface area contributed by atoms with Crippen LogP contribution in [0.1, 0.15) is 38.9 Å². The molecule has 0 aliphatic carbocycles. The Hall–Kier alpha value is -4.13. The number of anilines is 2. The number of rotatable bonds is 4. The zero-order valence-electron chi connectivity index (χ0n) is 16.5. The van der Waals surface area contributed by atoms with Crippen molar-refractivity contribution in [3.63, 3.8) is 0 Å². The molecule has 0 fully saturated rings. The molecule has 3 aromatic rings. The molecule has 2 N–H and O–H groups in total. The van der Waals surface area contributed by atoms with E-state index in [4.69, 9.17) is 0 Å². The van der Waals surface area contributed by atoms with E-state index in [-0.39, 0.29) is 36.4 Å². The lowest BCUT2D eigenvalue weighted by atomic mass is 10.0. The SMILES string of the molecule is O=C(CCN1C(=O)c2ccccc2N2C(=O)c3ccccc3[C@@H]12)Nc1cccc(O)c1. The van der Waals surface area contributed by atoms with Gasteiger partial charge >= 0.3 is 0 Å². The van der Waals surface area contributed by atoms with Crippen molar-refractivity contribution in [2.75, 3.05) is 16.8 Å². The maximum atomic E-state index is 13.3. The molecule has 0 radical (unpaired) electrons. The number of carbonyl (C=O) groups is 3. The lowest BCUT2D eigenvalue weighted by Gasteiger charge is -2.40. The van der Waals surface area contributed by atoms with Gasteiger partial charge in [-0.2, -0.15) is 0 Å². The van der Waals surface area contributed by atoms with E-state index in [0.29, 0.717) is 22.5 Å². The van der Waals surface area contributed by atoms with Crippen molar-refractivity contribution in [1.29, 1.82) is 0 Å². The highest BCUT2D eigenvalue weighted by Gasteiger charge is 2.47. The number of aromatic hydroxyl groups is 1. The van der Waals surface area contributed by atoms with Crippen LogP contribution in [0.4, 0.5) is 11.4 Å². The Morgan fingerprint density at radius 2 is 1.65 bits per heavy atom. The number of phenols is 1. The molecule has 3 aromatic carbocycles. The van der Waals surface area contributed by atoms with Gasteiger partial charge in [0.2, 0.25) is 5.91 Å². The maximum Gasteiger partial charge on any atom is 0.260 e. The van der Waals surface area contributed by atoms with Crippen LogP contribution in [0, 0.1) is 0 Å². The van der Waals surface area contributed by atoms with Crippen molar-refractivity contribution < 1.29 is 19.5 Å². The topological polar surface area (TPSA) is 90.0 Å². The van der Waals surface area contributed by atoms with Gasteiger partial charge in [-0.25, -0.2) is 0 Å². The van der Waals surface area contributed by atoms with Gasteiger partial charge in [0, 0.05) is 35.8 Å². The standard InChI is InChI=1S/C24H19N3O4/c28-16-7-5-6-15(14-16)25-21(29)12-13-26-22-17-8-1-2-9-18(17)24(31)27(22)20-11-4-3-10-19(20)23(26)30/h1-11,14,22,28H,12-13H2,(H,25,29)/t22-/m0/s1. The molecule has 0 saturated heterocycles. The lowest BCUT2D eigenvalue weighted by molar-refractivity contribution is -0.116. The van der Waals surface area contributed by atoms with Gasteiger partial charge in [0.1, 0.15) is 11.9 Å². The summed E-state index contributed by atoms with van der Waals surface area (Å²) in [4.78, 5) is 42.2. The van der Waals surface area contributed by atoms with Crippen LogP contribution < -0.4 is 10.2 Å². The number of fused-ring (bicyclic) bond motifs is 5. The molecule has 2 aliphatic rings. The van der Waals surface area contributed by atoms with Crippen LogP contribution in [0.25, 0.3) is 0 Å². The highest BCUT2D eigenvalue weighted by atomic mass is 16.3. The Morgan fingerprint density at radius 1 is 0.903 bits per heavy atom. The van der Waals surface area contributed by atoms with Gasteiger partial charge in [-0.05, 0) is 30.3 Å². The minimum absolute atomic E-state index is 0.0459. The maximum absolute atomic E-state index is 13.3. The molecule has 7 heteroatoms. The second-order valence-electron chi connectivity index (χ2n) is 7.50. The van der Waals surface area contributed by atoms with Crippen molar-refractivity contribution in [3.8, 4) is 5.75 Å². The Balaban J connectivity index is 1.44. The minimum atomic E-state index is -0.584. The van der Waals surface area contributed by atoms with Crippen LogP contribution in [0.15, 0.2) is 72.8 Å². The first-order valence-electron chi connectivity index (χ1n) is 9.96. The molecule has 3 amide bonds. The molecule has 0 unspecified atom stereocenters. The van der Waals surface area contributed by atoms with Gasteiger partial charge < -0.3 is 15.3 Å². The van der Waals surface area contributed by atoms with Gasteiger partial charge in [0.15, 0.2) is 0 Å². The number of amides is 3. The molecule has 154 valence electrons. The number of phenolic OH excluding ortho intramolecular Hbond substituents is 1. The summed E-state index contributed by atoms with van der Waals surface area (Å²) in [5, 5.41) is 12.3. The summed E-state index contributed by atoms with van der Waals surface area (Å²) in [6.07, 6.45) is -0.538. The first-order valence-corrected chi connectivity index (χ1v) is 9.96. The Bertz CT molecular complexity index is 1220. The van der Waals surface area contributed by atoms with E-state index in [1.807, 2.05) is 12.1 Å². The van der Waals surface area contributed by atoms with E-state index in [2.05, 4.69) is 5.32 Å². The molecular weight excluding hydrogens is 394 g/mol. The van der Waals surface area contributed by atoms with Crippen LogP contribution in [0.2, 0.25) is 0 Å². The second-order valence-corrected chi connectivity index (χ2v) is 7.50. The van der Waals surface area contributed by atoms with E-state index in [9.17, 15) is 19.5 Å². The highest BCUT2D eigenvalue weighted by Crippen LogP contribution is 2.45. The molecule has 1 atom stereocenters. The molecular formula is C24H19N3O4. The van der Waals surface area contributed by atoms with Crippen LogP contribution in [-0.4, -0.2) is 34.3 Å². The van der Waals surface area contributed by atoms with E-state index >= 15 is 0 Å². The largest absolute Gasteiger partial charge is 0.508 e. The Kier molecular flexibility index (Phi) is 4.43. The van der Waals surface area contributed by atoms with Gasteiger partial charge in [-0.15, -0.1) is 0 Å². The average Bonchev–Trinajstić information content (AvgIpc) is 3.07. The minimum Gasteiger partial charge on any atom is -0.508 e. The van der Waals surface area contributed by atoms with Crippen LogP contribution in [0.5, 0.6) is 5.75 Å². The molecule has 31 heavy (non-hydrogen) atoms. The van der Waals surface area contributed by atoms with Crippen molar-refractivity contribution in [2.45, 2.75) is 12.6 Å². The number of para-hydroxylation sites is 1. The fraction of sp³-hybridized carbons (Fsp3) is 0.125. The van der Waals surface area contributed by atoms with Gasteiger partial charge in [0.05, 0.1) is 11.3 Å². The monoisotopic (exact) mass is 413 g/mol. The smallest absolute Gasteiger partial charge is 0.260 e. The summed E-state index contributed by atoms with van der Waals surface area (Å²) in [7, 11) is 0. The predicted molar refractivity (Wildman–Crippen MR) is 115 cm³/mol. The molecule has 2 heterocycles.